The van der Waals surface area contributed by atoms with Gasteiger partial charge in [0.25, 0.3) is 5.91 Å². The molecule has 3 atom stereocenters. The molecule has 25 heavy (non-hydrogen) atoms. The molecule has 2 N–H and O–H groups in total. The van der Waals surface area contributed by atoms with Crippen LogP contribution in [-0.2, 0) is 14.3 Å². The van der Waals surface area contributed by atoms with Gasteiger partial charge in [-0.1, -0.05) is 18.2 Å². The zero-order valence-corrected chi connectivity index (χ0v) is 13.9. The molecule has 0 saturated carbocycles. The van der Waals surface area contributed by atoms with E-state index in [1.165, 1.54) is 0 Å². The van der Waals surface area contributed by atoms with Gasteiger partial charge in [0.1, 0.15) is 6.10 Å². The van der Waals surface area contributed by atoms with Gasteiger partial charge < -0.3 is 20.1 Å². The Balaban J connectivity index is 1.48. The maximum atomic E-state index is 12.7. The van der Waals surface area contributed by atoms with E-state index < -0.39 is 6.10 Å². The van der Waals surface area contributed by atoms with Gasteiger partial charge in [0.15, 0.2) is 0 Å². The second kappa shape index (κ2) is 7.21. The fourth-order valence-electron chi connectivity index (χ4n) is 3.49. The van der Waals surface area contributed by atoms with Gasteiger partial charge in [0.2, 0.25) is 0 Å². The summed E-state index contributed by atoms with van der Waals surface area (Å²) in [4.78, 5) is 16.9. The van der Waals surface area contributed by atoms with Gasteiger partial charge in [-0.2, -0.15) is 0 Å². The average Bonchev–Trinajstić information content (AvgIpc) is 3.08. The normalized spacial score (nSPS) is 25.2. The van der Waals surface area contributed by atoms with Crippen molar-refractivity contribution in [1.82, 2.24) is 4.98 Å². The molecule has 4 rings (SSSR count). The van der Waals surface area contributed by atoms with Gasteiger partial charge in [-0.3, -0.25) is 9.78 Å². The number of amides is 1. The number of hydrogen-bond donors (Lipinski definition) is 2. The van der Waals surface area contributed by atoms with Crippen LogP contribution in [0.4, 0.5) is 17.1 Å². The largest absolute Gasteiger partial charge is 0.381 e. The maximum absolute atomic E-state index is 12.7. The van der Waals surface area contributed by atoms with Crippen LogP contribution >= 0.6 is 0 Å². The lowest BCUT2D eigenvalue weighted by Crippen LogP contribution is -2.37. The third-order valence-electron chi connectivity index (χ3n) is 4.80. The number of nitrogens with zero attached hydrogens (tertiary/aromatic N) is 1. The van der Waals surface area contributed by atoms with Crippen LogP contribution in [0.2, 0.25) is 0 Å². The Labute approximate surface area is 146 Å². The predicted molar refractivity (Wildman–Crippen MR) is 94.7 cm³/mol. The average molecular weight is 339 g/mol. The van der Waals surface area contributed by atoms with Gasteiger partial charge in [-0.25, -0.2) is 0 Å². The van der Waals surface area contributed by atoms with Crippen LogP contribution in [-0.4, -0.2) is 36.8 Å². The molecule has 6 nitrogen and oxygen atoms in total. The third-order valence-corrected chi connectivity index (χ3v) is 4.80. The van der Waals surface area contributed by atoms with Gasteiger partial charge >= 0.3 is 0 Å². The second-order valence-corrected chi connectivity index (χ2v) is 6.44. The summed E-state index contributed by atoms with van der Waals surface area (Å²) >= 11 is 0. The van der Waals surface area contributed by atoms with Crippen molar-refractivity contribution >= 4 is 23.0 Å². The molecule has 0 spiro atoms. The molecule has 2 saturated heterocycles. The van der Waals surface area contributed by atoms with E-state index in [2.05, 4.69) is 15.6 Å². The summed E-state index contributed by atoms with van der Waals surface area (Å²) < 4.78 is 11.2. The summed E-state index contributed by atoms with van der Waals surface area (Å²) in [5, 5.41) is 6.29. The number of ether oxygens (including phenoxy) is 2. The minimum Gasteiger partial charge on any atom is -0.381 e. The second-order valence-electron chi connectivity index (χ2n) is 6.44. The van der Waals surface area contributed by atoms with Gasteiger partial charge in [0.05, 0.1) is 30.8 Å². The molecule has 2 aliphatic heterocycles. The highest BCUT2D eigenvalue weighted by atomic mass is 16.5. The van der Waals surface area contributed by atoms with E-state index in [1.54, 1.807) is 12.4 Å². The number of pyridine rings is 1. The Morgan fingerprint density at radius 3 is 2.88 bits per heavy atom. The highest BCUT2D eigenvalue weighted by Gasteiger charge is 2.43. The van der Waals surface area contributed by atoms with Gasteiger partial charge in [-0.05, 0) is 24.6 Å². The first-order valence-corrected chi connectivity index (χ1v) is 8.57. The summed E-state index contributed by atoms with van der Waals surface area (Å²) in [6.45, 7) is 1.97. The number of hydrogen-bond acceptors (Lipinski definition) is 5. The van der Waals surface area contributed by atoms with Gasteiger partial charge in [-0.15, -0.1) is 0 Å². The minimum atomic E-state index is -0.418. The topological polar surface area (TPSA) is 72.5 Å². The Bertz CT molecular complexity index is 738. The van der Waals surface area contributed by atoms with Crippen molar-refractivity contribution in [2.75, 3.05) is 30.5 Å². The highest BCUT2D eigenvalue weighted by Crippen LogP contribution is 2.34. The standard InChI is InChI=1S/C19H21N3O3/c23-19(18-15-7-9-24-11-13(15)12-25-18)22-17-10-20-8-6-16(17)21-14-4-2-1-3-5-14/h1-6,8,10,13,15,18H,7,9,11-12H2,(H,20,21)(H,22,23)/t13-,15-,18+/m0/s1. The fraction of sp³-hybridized carbons (Fsp3) is 0.368. The molecule has 2 aromatic rings. The Kier molecular flexibility index (Phi) is 4.63. The Morgan fingerprint density at radius 1 is 1.12 bits per heavy atom. The number of carbonyl (C=O) groups excluding carboxylic acids is 1. The molecule has 0 aliphatic carbocycles. The lowest BCUT2D eigenvalue weighted by Gasteiger charge is -2.26. The van der Waals surface area contributed by atoms with Crippen LogP contribution in [0.5, 0.6) is 0 Å². The van der Waals surface area contributed by atoms with Crippen LogP contribution in [0.1, 0.15) is 6.42 Å². The molecule has 0 unspecified atom stereocenters. The number of rotatable bonds is 4. The first-order chi connectivity index (χ1) is 12.3. The van der Waals surface area contributed by atoms with Crippen LogP contribution in [0, 0.1) is 11.8 Å². The number of fused-ring (bicyclic) bond motifs is 1. The summed E-state index contributed by atoms with van der Waals surface area (Å²) in [5.41, 5.74) is 2.40. The van der Waals surface area contributed by atoms with Crippen molar-refractivity contribution in [2.24, 2.45) is 11.8 Å². The molecule has 2 aliphatic rings. The Morgan fingerprint density at radius 2 is 2.00 bits per heavy atom. The fourth-order valence-corrected chi connectivity index (χ4v) is 3.49. The number of aromatic nitrogens is 1. The molecule has 1 amide bonds. The minimum absolute atomic E-state index is 0.112. The van der Waals surface area contributed by atoms with Crippen LogP contribution in [0.25, 0.3) is 0 Å². The molecule has 1 aromatic carbocycles. The van der Waals surface area contributed by atoms with Crippen LogP contribution < -0.4 is 10.6 Å². The highest BCUT2D eigenvalue weighted by molar-refractivity contribution is 5.97. The first-order valence-electron chi connectivity index (χ1n) is 8.57. The van der Waals surface area contributed by atoms with Crippen molar-refractivity contribution in [3.63, 3.8) is 0 Å². The number of para-hydroxylation sites is 1. The SMILES string of the molecule is O=C(Nc1cnccc1Nc1ccccc1)[C@@H]1OC[C@@H]2COCC[C@@H]21. The van der Waals surface area contributed by atoms with Crippen molar-refractivity contribution in [3.8, 4) is 0 Å². The molecular formula is C19H21N3O3. The van der Waals surface area contributed by atoms with Crippen molar-refractivity contribution in [3.05, 3.63) is 48.8 Å². The van der Waals surface area contributed by atoms with Crippen molar-refractivity contribution in [2.45, 2.75) is 12.5 Å². The molecule has 3 heterocycles. The van der Waals surface area contributed by atoms with Crippen molar-refractivity contribution < 1.29 is 14.3 Å². The van der Waals surface area contributed by atoms with E-state index in [9.17, 15) is 4.79 Å². The summed E-state index contributed by atoms with van der Waals surface area (Å²) in [5.74, 6) is 0.440. The van der Waals surface area contributed by atoms with E-state index >= 15 is 0 Å². The Hall–Kier alpha value is -2.44. The van der Waals surface area contributed by atoms with E-state index in [0.29, 0.717) is 31.4 Å². The molecule has 2 fully saturated rings. The van der Waals surface area contributed by atoms with Crippen LogP contribution in [0.3, 0.4) is 0 Å². The number of nitrogens with one attached hydrogen (secondary N) is 2. The number of carbonyl (C=O) groups is 1. The van der Waals surface area contributed by atoms with Crippen molar-refractivity contribution in [1.29, 1.82) is 0 Å². The zero-order valence-electron chi connectivity index (χ0n) is 13.9. The predicted octanol–water partition coefficient (Wildman–Crippen LogP) is 2.82. The van der Waals surface area contributed by atoms with E-state index in [-0.39, 0.29) is 11.8 Å². The smallest absolute Gasteiger partial charge is 0.253 e. The molecule has 1 aromatic heterocycles. The van der Waals surface area contributed by atoms with E-state index in [0.717, 1.165) is 17.8 Å². The van der Waals surface area contributed by atoms with E-state index in [1.807, 2.05) is 36.4 Å². The molecule has 130 valence electrons. The number of anilines is 3. The monoisotopic (exact) mass is 339 g/mol. The third kappa shape index (κ3) is 3.50. The summed E-state index contributed by atoms with van der Waals surface area (Å²) in [7, 11) is 0. The van der Waals surface area contributed by atoms with E-state index in [4.69, 9.17) is 9.47 Å². The first kappa shape index (κ1) is 16.1. The van der Waals surface area contributed by atoms with Crippen LogP contribution in [0.15, 0.2) is 48.8 Å². The molecular weight excluding hydrogens is 318 g/mol. The summed E-state index contributed by atoms with van der Waals surface area (Å²) in [6.07, 6.45) is 3.80. The lowest BCUT2D eigenvalue weighted by atomic mass is 9.86. The molecule has 0 bridgehead atoms. The maximum Gasteiger partial charge on any atom is 0.253 e. The number of benzene rings is 1. The molecule has 0 radical (unpaired) electrons. The quantitative estimate of drug-likeness (QED) is 0.896. The zero-order chi connectivity index (χ0) is 17.1. The van der Waals surface area contributed by atoms with Gasteiger partial charge in [0, 0.05) is 30.3 Å². The lowest BCUT2D eigenvalue weighted by molar-refractivity contribution is -0.126. The summed E-state index contributed by atoms with van der Waals surface area (Å²) in [6, 6.07) is 11.7. The molecule has 6 heteroatoms.